The number of hydrogen-bond donors (Lipinski definition) is 1. The van der Waals surface area contributed by atoms with Gasteiger partial charge < -0.3 is 5.32 Å². The number of nitrogens with one attached hydrogen (secondary N) is 1. The molecule has 1 aromatic carbocycles. The number of thioether (sulfide) groups is 1. The summed E-state index contributed by atoms with van der Waals surface area (Å²) < 4.78 is 0. The van der Waals surface area contributed by atoms with Crippen molar-refractivity contribution in [1.82, 2.24) is 0 Å². The minimum atomic E-state index is 0.391. The second-order valence-electron chi connectivity index (χ2n) is 4.61. The van der Waals surface area contributed by atoms with Crippen molar-refractivity contribution in [2.24, 2.45) is 5.92 Å². The lowest BCUT2D eigenvalue weighted by Crippen LogP contribution is -2.15. The Hall–Kier alpha value is -0.930. The SMILES string of the molecule is CSc1cccc(NC(c2cccs2)C(C)C)c1. The van der Waals surface area contributed by atoms with Crippen molar-refractivity contribution in [1.29, 1.82) is 0 Å². The second-order valence-corrected chi connectivity index (χ2v) is 6.47. The summed E-state index contributed by atoms with van der Waals surface area (Å²) in [6.45, 7) is 4.52. The van der Waals surface area contributed by atoms with Crippen LogP contribution in [0.5, 0.6) is 0 Å². The third kappa shape index (κ3) is 3.30. The molecule has 1 atom stereocenters. The van der Waals surface area contributed by atoms with E-state index in [1.54, 1.807) is 11.8 Å². The third-order valence-electron chi connectivity index (χ3n) is 2.91. The molecule has 1 N–H and O–H groups in total. The van der Waals surface area contributed by atoms with Crippen LogP contribution in [0.15, 0.2) is 46.7 Å². The standard InChI is InChI=1S/C15H19NS2/c1-11(2)15(14-8-5-9-18-14)16-12-6-4-7-13(10-12)17-3/h4-11,15-16H,1-3H3. The number of anilines is 1. The van der Waals surface area contributed by atoms with E-state index in [2.05, 4.69) is 67.2 Å². The molecule has 2 rings (SSSR count). The van der Waals surface area contributed by atoms with Crippen molar-refractivity contribution >= 4 is 28.8 Å². The van der Waals surface area contributed by atoms with Crippen molar-refractivity contribution in [3.63, 3.8) is 0 Å². The van der Waals surface area contributed by atoms with Crippen LogP contribution in [0.3, 0.4) is 0 Å². The first-order valence-electron chi connectivity index (χ1n) is 6.14. The first-order valence-corrected chi connectivity index (χ1v) is 8.25. The Morgan fingerprint density at radius 1 is 1.17 bits per heavy atom. The van der Waals surface area contributed by atoms with Gasteiger partial charge in [-0.05, 0) is 41.8 Å². The summed E-state index contributed by atoms with van der Waals surface area (Å²) >= 11 is 3.60. The van der Waals surface area contributed by atoms with Crippen molar-refractivity contribution in [2.75, 3.05) is 11.6 Å². The first-order chi connectivity index (χ1) is 8.70. The van der Waals surface area contributed by atoms with Crippen molar-refractivity contribution in [3.05, 3.63) is 46.7 Å². The van der Waals surface area contributed by atoms with Gasteiger partial charge in [0.25, 0.3) is 0 Å². The van der Waals surface area contributed by atoms with Crippen LogP contribution in [-0.4, -0.2) is 6.26 Å². The zero-order valence-corrected chi connectivity index (χ0v) is 12.6. The molecule has 3 heteroatoms. The van der Waals surface area contributed by atoms with E-state index in [4.69, 9.17) is 0 Å². The molecule has 0 spiro atoms. The Morgan fingerprint density at radius 2 is 2.00 bits per heavy atom. The molecule has 1 unspecified atom stereocenters. The molecule has 2 aromatic rings. The van der Waals surface area contributed by atoms with Gasteiger partial charge in [-0.2, -0.15) is 0 Å². The predicted octanol–water partition coefficient (Wildman–Crippen LogP) is 5.28. The summed E-state index contributed by atoms with van der Waals surface area (Å²) in [5.74, 6) is 0.571. The summed E-state index contributed by atoms with van der Waals surface area (Å²) in [6, 6.07) is 13.3. The molecular formula is C15H19NS2. The van der Waals surface area contributed by atoms with Gasteiger partial charge in [-0.1, -0.05) is 26.0 Å². The fourth-order valence-corrected chi connectivity index (χ4v) is 3.34. The molecular weight excluding hydrogens is 258 g/mol. The van der Waals surface area contributed by atoms with Gasteiger partial charge in [0.15, 0.2) is 0 Å². The fraction of sp³-hybridized carbons (Fsp3) is 0.333. The number of hydrogen-bond acceptors (Lipinski definition) is 3. The maximum atomic E-state index is 3.65. The molecule has 0 bridgehead atoms. The van der Waals surface area contributed by atoms with E-state index in [1.165, 1.54) is 15.5 Å². The summed E-state index contributed by atoms with van der Waals surface area (Å²) in [5.41, 5.74) is 1.20. The molecule has 0 amide bonds. The normalized spacial score (nSPS) is 12.7. The maximum Gasteiger partial charge on any atom is 0.0629 e. The highest BCUT2D eigenvalue weighted by Gasteiger charge is 2.16. The molecule has 0 aliphatic rings. The Morgan fingerprint density at radius 3 is 2.61 bits per heavy atom. The van der Waals surface area contributed by atoms with Gasteiger partial charge in [-0.15, -0.1) is 23.1 Å². The van der Waals surface area contributed by atoms with Gasteiger partial charge in [-0.25, -0.2) is 0 Å². The van der Waals surface area contributed by atoms with E-state index in [1.807, 2.05) is 11.3 Å². The molecule has 0 aliphatic heterocycles. The second kappa shape index (κ2) is 6.30. The number of thiophene rings is 1. The number of rotatable bonds is 5. The summed E-state index contributed by atoms with van der Waals surface area (Å²) in [7, 11) is 0. The molecule has 0 fully saturated rings. The van der Waals surface area contributed by atoms with Crippen LogP contribution in [0.2, 0.25) is 0 Å². The average Bonchev–Trinajstić information content (AvgIpc) is 2.89. The monoisotopic (exact) mass is 277 g/mol. The highest BCUT2D eigenvalue weighted by atomic mass is 32.2. The van der Waals surface area contributed by atoms with Gasteiger partial charge in [0.1, 0.15) is 0 Å². The van der Waals surface area contributed by atoms with Crippen LogP contribution in [0.25, 0.3) is 0 Å². The van der Waals surface area contributed by atoms with Crippen LogP contribution >= 0.6 is 23.1 Å². The predicted molar refractivity (Wildman–Crippen MR) is 83.7 cm³/mol. The number of benzene rings is 1. The van der Waals surface area contributed by atoms with Crippen LogP contribution in [0.1, 0.15) is 24.8 Å². The minimum absolute atomic E-state index is 0.391. The van der Waals surface area contributed by atoms with Gasteiger partial charge in [0, 0.05) is 15.5 Å². The molecule has 1 nitrogen and oxygen atoms in total. The smallest absolute Gasteiger partial charge is 0.0629 e. The zero-order chi connectivity index (χ0) is 13.0. The molecule has 0 aliphatic carbocycles. The lowest BCUT2D eigenvalue weighted by atomic mass is 10.0. The minimum Gasteiger partial charge on any atom is -0.377 e. The van der Waals surface area contributed by atoms with Crippen LogP contribution < -0.4 is 5.32 Å². The van der Waals surface area contributed by atoms with Gasteiger partial charge in [-0.3, -0.25) is 0 Å². The lowest BCUT2D eigenvalue weighted by molar-refractivity contribution is 0.554. The van der Waals surface area contributed by atoms with E-state index in [-0.39, 0.29) is 0 Å². The largest absolute Gasteiger partial charge is 0.377 e. The van der Waals surface area contributed by atoms with Crippen LogP contribution in [0, 0.1) is 5.92 Å². The zero-order valence-electron chi connectivity index (χ0n) is 11.0. The molecule has 1 aromatic heterocycles. The quantitative estimate of drug-likeness (QED) is 0.746. The van der Waals surface area contributed by atoms with Crippen LogP contribution in [-0.2, 0) is 0 Å². The molecule has 96 valence electrons. The molecule has 1 heterocycles. The van der Waals surface area contributed by atoms with Crippen molar-refractivity contribution < 1.29 is 0 Å². The van der Waals surface area contributed by atoms with Crippen molar-refractivity contribution in [2.45, 2.75) is 24.8 Å². The van der Waals surface area contributed by atoms with E-state index in [0.717, 1.165) is 0 Å². The van der Waals surface area contributed by atoms with E-state index in [0.29, 0.717) is 12.0 Å². The maximum absolute atomic E-state index is 3.65. The van der Waals surface area contributed by atoms with E-state index < -0.39 is 0 Å². The molecule has 0 radical (unpaired) electrons. The first kappa shape index (κ1) is 13.5. The molecule has 18 heavy (non-hydrogen) atoms. The topological polar surface area (TPSA) is 12.0 Å². The van der Waals surface area contributed by atoms with E-state index in [9.17, 15) is 0 Å². The Balaban J connectivity index is 2.18. The van der Waals surface area contributed by atoms with E-state index >= 15 is 0 Å². The molecule has 0 saturated heterocycles. The summed E-state index contributed by atoms with van der Waals surface area (Å²) in [6.07, 6.45) is 2.11. The Kier molecular flexibility index (Phi) is 4.72. The average molecular weight is 277 g/mol. The molecule has 0 saturated carbocycles. The van der Waals surface area contributed by atoms with Crippen molar-refractivity contribution in [3.8, 4) is 0 Å². The Bertz CT molecular complexity index is 477. The van der Waals surface area contributed by atoms with Gasteiger partial charge in [0.2, 0.25) is 0 Å². The highest BCUT2D eigenvalue weighted by molar-refractivity contribution is 7.98. The summed E-state index contributed by atoms with van der Waals surface area (Å²) in [5, 5.41) is 5.80. The van der Waals surface area contributed by atoms with Gasteiger partial charge >= 0.3 is 0 Å². The summed E-state index contributed by atoms with van der Waals surface area (Å²) in [4.78, 5) is 2.70. The highest BCUT2D eigenvalue weighted by Crippen LogP contribution is 2.30. The Labute approximate surface area is 118 Å². The lowest BCUT2D eigenvalue weighted by Gasteiger charge is -2.22. The van der Waals surface area contributed by atoms with Crippen LogP contribution in [0.4, 0.5) is 5.69 Å². The van der Waals surface area contributed by atoms with Gasteiger partial charge in [0.05, 0.1) is 6.04 Å². The third-order valence-corrected chi connectivity index (χ3v) is 4.59. The fourth-order valence-electron chi connectivity index (χ4n) is 1.93.